The van der Waals surface area contributed by atoms with Crippen molar-refractivity contribution in [1.29, 1.82) is 0 Å². The van der Waals surface area contributed by atoms with Crippen molar-refractivity contribution in [1.82, 2.24) is 0 Å². The molecule has 53 heteroatoms. The van der Waals surface area contributed by atoms with Gasteiger partial charge in [0, 0.05) is 20.4 Å². The van der Waals surface area contributed by atoms with Gasteiger partial charge in [0.2, 0.25) is 0 Å². The van der Waals surface area contributed by atoms with Crippen molar-refractivity contribution in [3.05, 3.63) is 291 Å². The van der Waals surface area contributed by atoms with Gasteiger partial charge in [-0.2, -0.15) is 0 Å². The van der Waals surface area contributed by atoms with Crippen LogP contribution in [-0.2, 0) is 142 Å². The smallest absolute Gasteiger partial charge is 0.124 e. The molecular weight excluding hydrogens is 2060 g/mol. The Kier molecular flexibility index (Phi) is 32.7. The van der Waals surface area contributed by atoms with Crippen molar-refractivity contribution in [2.75, 3.05) is 0 Å². The zero-order valence-corrected chi connectivity index (χ0v) is 76.3. The van der Waals surface area contributed by atoms with Gasteiger partial charge < -0.3 is 54.6 Å². The fourth-order valence-electron chi connectivity index (χ4n) is 11.1. The van der Waals surface area contributed by atoms with Crippen molar-refractivity contribution in [3.63, 3.8) is 0 Å². The predicted molar refractivity (Wildman–Crippen MR) is 436 cm³/mol. The third-order valence-corrected chi connectivity index (χ3v) is 35.9. The molecule has 0 radical (unpaired) electrons. The normalized spacial score (nSPS) is 12.7. The van der Waals surface area contributed by atoms with Crippen LogP contribution in [0.1, 0.15) is 0 Å². The van der Waals surface area contributed by atoms with Gasteiger partial charge in [-0.25, -0.2) is 101 Å². The fourth-order valence-corrected chi connectivity index (χ4v) is 28.0. The molecule has 125 heavy (non-hydrogen) atoms. The summed E-state index contributed by atoms with van der Waals surface area (Å²) in [6.45, 7) is 0. The van der Waals surface area contributed by atoms with E-state index < -0.39 is 212 Å². The molecule has 0 aliphatic rings. The average molecular weight is 2100 g/mol. The molecule has 0 unspecified atom stereocenters. The topological polar surface area (TPSA) is 686 Å². The Morgan fingerprint density at radius 3 is 0.248 bits per heavy atom. The van der Waals surface area contributed by atoms with E-state index in [0.717, 1.165) is 146 Å². The van der Waals surface area contributed by atoms with Crippen LogP contribution in [0.2, 0.25) is 0 Å². The summed E-state index contributed by atoms with van der Waals surface area (Å²) in [5.41, 5.74) is 0. The van der Waals surface area contributed by atoms with Crippen molar-refractivity contribution in [2.24, 2.45) is 0 Å². The van der Waals surface area contributed by atoms with Crippen molar-refractivity contribution >= 4 is 217 Å². The third kappa shape index (κ3) is 28.0. The largest absolute Gasteiger partial charge is 0.744 e. The Labute approximate surface area is 735 Å². The summed E-state index contributed by atoms with van der Waals surface area (Å²) in [6.07, 6.45) is 0. The van der Waals surface area contributed by atoms with E-state index >= 15 is 0 Å². The molecule has 0 fully saturated rings. The van der Waals surface area contributed by atoms with Gasteiger partial charge >= 0.3 is 0 Å². The van der Waals surface area contributed by atoms with Crippen LogP contribution >= 0.6 is 31.7 Å². The first kappa shape index (κ1) is 102. The van der Waals surface area contributed by atoms with E-state index in [-0.39, 0.29) is 84.1 Å². The summed E-state index contributed by atoms with van der Waals surface area (Å²) < 4.78 is 413. The Bertz CT molecular complexity index is 6050. The molecule has 0 aliphatic heterocycles. The van der Waals surface area contributed by atoms with Crippen LogP contribution in [0.4, 0.5) is 0 Å². The molecule has 0 atom stereocenters. The Hall–Kier alpha value is -8.06. The van der Waals surface area contributed by atoms with Gasteiger partial charge in [-0.3, -0.25) is 0 Å². The second-order valence-electron chi connectivity index (χ2n) is 24.8. The Morgan fingerprint density at radius 2 is 0.192 bits per heavy atom. The summed E-state index contributed by atoms with van der Waals surface area (Å²) in [5.74, 6) is 0. The summed E-state index contributed by atoms with van der Waals surface area (Å²) in [7, 11) is -65.2. The van der Waals surface area contributed by atoms with E-state index in [0.29, 0.717) is 0 Å². The van der Waals surface area contributed by atoms with Gasteiger partial charge in [-0.05, 0) is 241 Å². The van der Waals surface area contributed by atoms with Crippen molar-refractivity contribution in [2.45, 2.75) is 58.7 Å². The average Bonchev–Trinajstić information content (AvgIpc) is 0.792. The van der Waals surface area contributed by atoms with Crippen LogP contribution in [0.25, 0.3) is 0 Å². The van der Waals surface area contributed by atoms with Gasteiger partial charge in [0.15, 0.2) is 0 Å². The van der Waals surface area contributed by atoms with Crippen LogP contribution in [-0.4, -0.2) is 156 Å². The molecular formula is C72H48O36P4PdS12-12. The molecule has 0 heterocycles. The number of rotatable bonds is 24. The molecule has 0 aromatic heterocycles. The molecule has 0 saturated heterocycles. The van der Waals surface area contributed by atoms with Crippen LogP contribution < -0.4 is 63.7 Å². The minimum absolute atomic E-state index is 0. The molecule has 0 N–H and O–H groups in total. The summed E-state index contributed by atoms with van der Waals surface area (Å²) in [5, 5.41) is 3.09. The number of hydrogen-bond acceptors (Lipinski definition) is 36. The molecule has 12 rings (SSSR count). The maximum atomic E-state index is 11.5. The molecule has 0 saturated carbocycles. The van der Waals surface area contributed by atoms with E-state index in [9.17, 15) is 156 Å². The minimum Gasteiger partial charge on any atom is -0.744 e. The van der Waals surface area contributed by atoms with Crippen LogP contribution in [0, 0.1) is 0 Å². The van der Waals surface area contributed by atoms with Crippen LogP contribution in [0.5, 0.6) is 0 Å². The van der Waals surface area contributed by atoms with Gasteiger partial charge in [0.1, 0.15) is 121 Å². The molecule has 666 valence electrons. The number of hydrogen-bond donors (Lipinski definition) is 0. The van der Waals surface area contributed by atoms with Crippen molar-refractivity contribution < 1.29 is 176 Å². The summed E-state index contributed by atoms with van der Waals surface area (Å²) in [4.78, 5) is -6.53. The molecule has 0 aliphatic carbocycles. The van der Waals surface area contributed by atoms with Crippen LogP contribution in [0.15, 0.2) is 350 Å². The van der Waals surface area contributed by atoms with Gasteiger partial charge in [-0.1, -0.05) is 146 Å². The predicted octanol–water partition coefficient (Wildman–Crippen LogP) is 0.626. The maximum absolute atomic E-state index is 11.5. The zero-order chi connectivity index (χ0) is 92.1. The molecule has 0 bridgehead atoms. The second-order valence-corrected chi connectivity index (χ2v) is 50.2. The first-order valence-electron chi connectivity index (χ1n) is 33.0. The maximum Gasteiger partial charge on any atom is 0.124 e. The monoisotopic (exact) mass is 2100 g/mol. The fraction of sp³-hybridized carbons (Fsp3) is 0. The van der Waals surface area contributed by atoms with Crippen molar-refractivity contribution in [3.8, 4) is 0 Å². The van der Waals surface area contributed by atoms with Gasteiger partial charge in [0.05, 0.1) is 58.7 Å². The standard InChI is InChI=1S/4C18H15O9PS3.Pd/c4*19-29(20,21)16-7-1-4-13(10-16)28(14-5-2-8-17(11-14)30(22,23)24)15-6-3-9-18(12-15)31(25,26)27;/h4*1-12H,(H,19,20,21)(H,22,23,24)(H,25,26,27);/p-12. The quantitative estimate of drug-likeness (QED) is 0.0455. The Morgan fingerprint density at radius 1 is 0.128 bits per heavy atom. The SMILES string of the molecule is O=S(=O)([O-])c1cccc(P(c2cccc(S(=O)(=O)[O-])c2)c2cccc(S(=O)(=O)[O-])c2)c1.O=S(=O)([O-])c1cccc(P(c2cccc(S(=O)(=O)[O-])c2)c2cccc(S(=O)(=O)[O-])c2)c1.O=S(=O)([O-])c1cccc(P(c2cccc(S(=O)(=O)[O-])c2)c2cccc(S(=O)(=O)[O-])c2)c1.O=S(=O)([O-])c1cccc(P(c2cccc(S(=O)(=O)[O-])c2)c2cccc(S(=O)(=O)[O-])c2)c1.[Pd]. The zero-order valence-electron chi connectivity index (χ0n) is 61.4. The van der Waals surface area contributed by atoms with Gasteiger partial charge in [-0.15, -0.1) is 0 Å². The first-order chi connectivity index (χ1) is 57.1. The first-order valence-corrected chi connectivity index (χ1v) is 55.3. The number of benzene rings is 12. The van der Waals surface area contributed by atoms with Crippen LogP contribution in [0.3, 0.4) is 0 Å². The van der Waals surface area contributed by atoms with E-state index in [1.165, 1.54) is 146 Å². The minimum atomic E-state index is -4.82. The Balaban J connectivity index is 0.000000206. The molecule has 0 spiro atoms. The summed E-state index contributed by atoms with van der Waals surface area (Å²) in [6, 6.07) is 59.3. The van der Waals surface area contributed by atoms with E-state index in [4.69, 9.17) is 0 Å². The molecule has 12 aromatic carbocycles. The molecule has 12 aromatic rings. The van der Waals surface area contributed by atoms with Gasteiger partial charge in [0.25, 0.3) is 0 Å². The molecule has 36 nitrogen and oxygen atoms in total. The van der Waals surface area contributed by atoms with E-state index in [2.05, 4.69) is 0 Å². The van der Waals surface area contributed by atoms with E-state index in [1.54, 1.807) is 0 Å². The third-order valence-electron chi connectivity index (χ3n) is 16.4. The second kappa shape index (κ2) is 39.9. The molecule has 0 amide bonds. The van der Waals surface area contributed by atoms with E-state index in [1.807, 2.05) is 0 Å². The summed E-state index contributed by atoms with van der Waals surface area (Å²) >= 11 is 0.